The monoisotopic (exact) mass is 354 g/mol. The average molecular weight is 355 g/mol. The summed E-state index contributed by atoms with van der Waals surface area (Å²) in [6.45, 7) is 3.65. The van der Waals surface area contributed by atoms with Crippen LogP contribution in [0.15, 0.2) is 45.8 Å². The molecule has 0 heterocycles. The average Bonchev–Trinajstić information content (AvgIpc) is 2.33. The molecule has 0 aliphatic rings. The molecule has 0 unspecified atom stereocenters. The molecule has 0 bridgehead atoms. The largest absolute Gasteiger partial charge is 0.399 e. The van der Waals surface area contributed by atoms with Gasteiger partial charge in [-0.2, -0.15) is 0 Å². The first-order valence-electron chi connectivity index (χ1n) is 5.95. The summed E-state index contributed by atoms with van der Waals surface area (Å²) >= 11 is 3.38. The van der Waals surface area contributed by atoms with Crippen LogP contribution in [0.5, 0.6) is 0 Å². The first-order valence-corrected chi connectivity index (χ1v) is 8.22. The molecule has 2 aromatic rings. The fourth-order valence-corrected chi connectivity index (χ4v) is 3.48. The van der Waals surface area contributed by atoms with E-state index in [1.807, 2.05) is 13.0 Å². The number of nitrogens with two attached hydrogens (primary N) is 1. The number of hydrogen-bond acceptors (Lipinski definition) is 3. The highest BCUT2D eigenvalue weighted by atomic mass is 79.9. The lowest BCUT2D eigenvalue weighted by Crippen LogP contribution is -2.14. The summed E-state index contributed by atoms with van der Waals surface area (Å²) in [5.74, 6) is 0. The van der Waals surface area contributed by atoms with Crippen LogP contribution in [0.1, 0.15) is 11.1 Å². The number of nitrogens with one attached hydrogen (secondary N) is 1. The molecule has 0 fully saturated rings. The first kappa shape index (κ1) is 14.9. The minimum atomic E-state index is -3.65. The van der Waals surface area contributed by atoms with Gasteiger partial charge in [-0.05, 0) is 55.3 Å². The van der Waals surface area contributed by atoms with Crippen LogP contribution < -0.4 is 10.5 Å². The van der Waals surface area contributed by atoms with Crippen LogP contribution in [0.3, 0.4) is 0 Å². The van der Waals surface area contributed by atoms with Crippen molar-refractivity contribution in [1.29, 1.82) is 0 Å². The SMILES string of the molecule is Cc1cc(N)cc(S(=O)(=O)Nc2cccc(Br)c2C)c1. The van der Waals surface area contributed by atoms with Crippen molar-refractivity contribution in [3.8, 4) is 0 Å². The summed E-state index contributed by atoms with van der Waals surface area (Å²) in [5.41, 5.74) is 8.30. The molecule has 20 heavy (non-hydrogen) atoms. The lowest BCUT2D eigenvalue weighted by atomic mass is 10.2. The molecule has 106 valence electrons. The van der Waals surface area contributed by atoms with Gasteiger partial charge in [0.25, 0.3) is 10.0 Å². The maximum absolute atomic E-state index is 12.4. The molecule has 0 spiro atoms. The van der Waals surface area contributed by atoms with E-state index in [0.29, 0.717) is 11.4 Å². The number of sulfonamides is 1. The number of nitrogen functional groups attached to an aromatic ring is 1. The van der Waals surface area contributed by atoms with Gasteiger partial charge in [0.2, 0.25) is 0 Å². The summed E-state index contributed by atoms with van der Waals surface area (Å²) in [6.07, 6.45) is 0. The summed E-state index contributed by atoms with van der Waals surface area (Å²) in [7, 11) is -3.65. The summed E-state index contributed by atoms with van der Waals surface area (Å²) < 4.78 is 28.2. The summed E-state index contributed by atoms with van der Waals surface area (Å²) in [4.78, 5) is 0.161. The Hall–Kier alpha value is -1.53. The Morgan fingerprint density at radius 1 is 1.15 bits per heavy atom. The topological polar surface area (TPSA) is 72.2 Å². The Kier molecular flexibility index (Phi) is 4.06. The zero-order valence-corrected chi connectivity index (χ0v) is 13.5. The van der Waals surface area contributed by atoms with E-state index in [2.05, 4.69) is 20.7 Å². The van der Waals surface area contributed by atoms with Crippen LogP contribution >= 0.6 is 15.9 Å². The van der Waals surface area contributed by atoms with Gasteiger partial charge in [0.1, 0.15) is 0 Å². The smallest absolute Gasteiger partial charge is 0.261 e. The first-order chi connectivity index (χ1) is 9.29. The fraction of sp³-hybridized carbons (Fsp3) is 0.143. The van der Waals surface area contributed by atoms with Crippen LogP contribution in [0.4, 0.5) is 11.4 Å². The van der Waals surface area contributed by atoms with E-state index in [9.17, 15) is 8.42 Å². The third kappa shape index (κ3) is 3.13. The highest BCUT2D eigenvalue weighted by Crippen LogP contribution is 2.26. The third-order valence-corrected chi connectivity index (χ3v) is 5.10. The van der Waals surface area contributed by atoms with Gasteiger partial charge >= 0.3 is 0 Å². The van der Waals surface area contributed by atoms with Crippen molar-refractivity contribution in [2.45, 2.75) is 18.7 Å². The zero-order valence-electron chi connectivity index (χ0n) is 11.1. The molecule has 0 saturated carbocycles. The second-order valence-corrected chi connectivity index (χ2v) is 7.13. The van der Waals surface area contributed by atoms with E-state index in [0.717, 1.165) is 15.6 Å². The van der Waals surface area contributed by atoms with Gasteiger partial charge in [0.15, 0.2) is 0 Å². The Morgan fingerprint density at radius 2 is 1.85 bits per heavy atom. The molecule has 3 N–H and O–H groups in total. The van der Waals surface area contributed by atoms with E-state index in [4.69, 9.17) is 5.73 Å². The third-order valence-electron chi connectivity index (χ3n) is 2.90. The van der Waals surface area contributed by atoms with Gasteiger partial charge in [-0.1, -0.05) is 22.0 Å². The van der Waals surface area contributed by atoms with E-state index in [1.165, 1.54) is 6.07 Å². The van der Waals surface area contributed by atoms with Crippen LogP contribution in [0, 0.1) is 13.8 Å². The quantitative estimate of drug-likeness (QED) is 0.829. The van der Waals surface area contributed by atoms with Crippen molar-refractivity contribution in [2.75, 3.05) is 10.5 Å². The maximum Gasteiger partial charge on any atom is 0.261 e. The van der Waals surface area contributed by atoms with Crippen LogP contribution in [-0.4, -0.2) is 8.42 Å². The second kappa shape index (κ2) is 5.46. The molecule has 0 aromatic heterocycles. The van der Waals surface area contributed by atoms with Gasteiger partial charge in [-0.15, -0.1) is 0 Å². The molecule has 4 nitrogen and oxygen atoms in total. The number of aryl methyl sites for hydroxylation is 1. The molecule has 0 atom stereocenters. The minimum absolute atomic E-state index is 0.161. The Balaban J connectivity index is 2.43. The predicted octanol–water partition coefficient (Wildman–Crippen LogP) is 3.45. The number of benzene rings is 2. The van der Waals surface area contributed by atoms with Gasteiger partial charge < -0.3 is 5.73 Å². The molecular formula is C14H15BrN2O2S. The molecule has 0 aliphatic carbocycles. The van der Waals surface area contributed by atoms with Gasteiger partial charge in [-0.25, -0.2) is 8.42 Å². The van der Waals surface area contributed by atoms with Crippen molar-refractivity contribution in [2.24, 2.45) is 0 Å². The molecular weight excluding hydrogens is 340 g/mol. The summed E-state index contributed by atoms with van der Waals surface area (Å²) in [6, 6.07) is 10.1. The van der Waals surface area contributed by atoms with Gasteiger partial charge in [0.05, 0.1) is 10.6 Å². The lowest BCUT2D eigenvalue weighted by Gasteiger charge is -2.12. The standard InChI is InChI=1S/C14H15BrN2O2S/c1-9-6-11(16)8-12(7-9)20(18,19)17-14-5-3-4-13(15)10(14)2/h3-8,17H,16H2,1-2H3. The van der Waals surface area contributed by atoms with Crippen LogP contribution in [0.25, 0.3) is 0 Å². The molecule has 2 rings (SSSR count). The molecule has 0 amide bonds. The van der Waals surface area contributed by atoms with Crippen molar-refractivity contribution >= 4 is 37.3 Å². The van der Waals surface area contributed by atoms with Crippen molar-refractivity contribution in [3.05, 3.63) is 52.0 Å². The summed E-state index contributed by atoms with van der Waals surface area (Å²) in [5, 5.41) is 0. The van der Waals surface area contributed by atoms with E-state index in [1.54, 1.807) is 31.2 Å². The van der Waals surface area contributed by atoms with Crippen molar-refractivity contribution < 1.29 is 8.42 Å². The molecule has 0 saturated heterocycles. The molecule has 6 heteroatoms. The normalized spacial score (nSPS) is 11.3. The number of anilines is 2. The molecule has 0 aliphatic heterocycles. The Morgan fingerprint density at radius 3 is 2.50 bits per heavy atom. The van der Waals surface area contributed by atoms with E-state index < -0.39 is 10.0 Å². The maximum atomic E-state index is 12.4. The second-order valence-electron chi connectivity index (χ2n) is 4.60. The highest BCUT2D eigenvalue weighted by Gasteiger charge is 2.16. The van der Waals surface area contributed by atoms with Gasteiger partial charge in [-0.3, -0.25) is 4.72 Å². The van der Waals surface area contributed by atoms with Crippen molar-refractivity contribution in [3.63, 3.8) is 0 Å². The highest BCUT2D eigenvalue weighted by molar-refractivity contribution is 9.10. The fourth-order valence-electron chi connectivity index (χ4n) is 1.85. The molecule has 2 aromatic carbocycles. The van der Waals surface area contributed by atoms with Crippen molar-refractivity contribution in [1.82, 2.24) is 0 Å². The number of hydrogen-bond donors (Lipinski definition) is 2. The Labute approximate surface area is 127 Å². The number of halogens is 1. The lowest BCUT2D eigenvalue weighted by molar-refractivity contribution is 0.601. The van der Waals surface area contributed by atoms with Crippen LogP contribution in [0.2, 0.25) is 0 Å². The zero-order chi connectivity index (χ0) is 14.9. The number of rotatable bonds is 3. The molecule has 0 radical (unpaired) electrons. The van der Waals surface area contributed by atoms with E-state index in [-0.39, 0.29) is 4.90 Å². The Bertz CT molecular complexity index is 738. The predicted molar refractivity (Wildman–Crippen MR) is 85.3 cm³/mol. The minimum Gasteiger partial charge on any atom is -0.399 e. The van der Waals surface area contributed by atoms with E-state index >= 15 is 0 Å². The van der Waals surface area contributed by atoms with Gasteiger partial charge in [0, 0.05) is 10.2 Å². The van der Waals surface area contributed by atoms with Crippen LogP contribution in [-0.2, 0) is 10.0 Å².